The van der Waals surface area contributed by atoms with E-state index in [0.717, 1.165) is 5.69 Å². The maximum absolute atomic E-state index is 10.9. The minimum atomic E-state index is -3.72. The Morgan fingerprint density at radius 2 is 1.69 bits per heavy atom. The minimum absolute atomic E-state index is 0.0520. The summed E-state index contributed by atoms with van der Waals surface area (Å²) in [5.74, 6) is 0.0520. The van der Waals surface area contributed by atoms with E-state index in [1.54, 1.807) is 0 Å². The Hall–Kier alpha value is -0.780. The minimum Gasteiger partial charge on any atom is -0.326 e. The second-order valence-corrected chi connectivity index (χ2v) is 6.31. The van der Waals surface area contributed by atoms with Crippen LogP contribution in [0, 0.1) is 0 Å². The lowest BCUT2D eigenvalue weighted by molar-refractivity contribution is -0.115. The summed E-state index contributed by atoms with van der Waals surface area (Å²) in [6, 6.07) is 9.44. The third-order valence-corrected chi connectivity index (χ3v) is 1.38. The average Bonchev–Trinajstić information content (AvgIpc) is 2.16. The van der Waals surface area contributed by atoms with Gasteiger partial charge in [0.05, 0.1) is 0 Å². The summed E-state index contributed by atoms with van der Waals surface area (Å²) in [4.78, 5) is 10.9. The normalized spacial score (nSPS) is 9.94. The van der Waals surface area contributed by atoms with E-state index in [9.17, 15) is 4.79 Å². The summed E-state index contributed by atoms with van der Waals surface area (Å²) in [6.45, 7) is 1.83. The SMILES string of the molecule is CCC(=O)Nc1ccccc1.O=S(=O)(Cl)Cl. The van der Waals surface area contributed by atoms with Gasteiger partial charge in [-0.05, 0) is 12.1 Å². The van der Waals surface area contributed by atoms with Crippen molar-refractivity contribution in [1.29, 1.82) is 0 Å². The molecule has 0 aliphatic rings. The molecule has 0 aromatic heterocycles. The van der Waals surface area contributed by atoms with Gasteiger partial charge in [-0.2, -0.15) is 8.42 Å². The van der Waals surface area contributed by atoms with Gasteiger partial charge in [-0.3, -0.25) is 4.79 Å². The van der Waals surface area contributed by atoms with E-state index in [2.05, 4.69) is 26.7 Å². The van der Waals surface area contributed by atoms with Crippen LogP contribution in [-0.4, -0.2) is 14.3 Å². The fraction of sp³-hybridized carbons (Fsp3) is 0.222. The molecule has 4 nitrogen and oxygen atoms in total. The summed E-state index contributed by atoms with van der Waals surface area (Å²) in [5.41, 5.74) is 0.861. The Labute approximate surface area is 103 Å². The highest BCUT2D eigenvalue weighted by atomic mass is 36.0. The summed E-state index contributed by atoms with van der Waals surface area (Å²) >= 11 is 0. The summed E-state index contributed by atoms with van der Waals surface area (Å²) in [5, 5.41) is 2.75. The van der Waals surface area contributed by atoms with Gasteiger partial charge in [0.2, 0.25) is 5.91 Å². The molecule has 0 radical (unpaired) electrons. The number of carbonyl (C=O) groups is 1. The zero-order valence-electron chi connectivity index (χ0n) is 8.48. The fourth-order valence-corrected chi connectivity index (χ4v) is 0.771. The fourth-order valence-electron chi connectivity index (χ4n) is 0.771. The third kappa shape index (κ3) is 11.3. The second kappa shape index (κ2) is 7.49. The van der Waals surface area contributed by atoms with Crippen LogP contribution in [0.3, 0.4) is 0 Å². The molecule has 0 unspecified atom stereocenters. The van der Waals surface area contributed by atoms with Crippen LogP contribution in [-0.2, 0) is 13.1 Å². The molecular formula is C9H11Cl2NO3S. The summed E-state index contributed by atoms with van der Waals surface area (Å²) < 4.78 is 18.3. The molecule has 0 saturated carbocycles. The second-order valence-electron chi connectivity index (χ2n) is 2.65. The lowest BCUT2D eigenvalue weighted by Crippen LogP contribution is -2.08. The predicted molar refractivity (Wildman–Crippen MR) is 66.0 cm³/mol. The number of carbonyl (C=O) groups excluding carboxylic acids is 1. The monoisotopic (exact) mass is 283 g/mol. The Balaban J connectivity index is 0.000000385. The Morgan fingerprint density at radius 3 is 2.06 bits per heavy atom. The molecule has 1 amide bonds. The molecular weight excluding hydrogens is 273 g/mol. The van der Waals surface area contributed by atoms with Gasteiger partial charge in [-0.15, -0.1) is 0 Å². The van der Waals surface area contributed by atoms with E-state index < -0.39 is 8.26 Å². The van der Waals surface area contributed by atoms with Gasteiger partial charge in [-0.1, -0.05) is 25.1 Å². The van der Waals surface area contributed by atoms with E-state index in [1.807, 2.05) is 37.3 Å². The number of nitrogens with one attached hydrogen (secondary N) is 1. The third-order valence-electron chi connectivity index (χ3n) is 1.38. The summed E-state index contributed by atoms with van der Waals surface area (Å²) in [6.07, 6.45) is 0.523. The van der Waals surface area contributed by atoms with Crippen LogP contribution in [0.4, 0.5) is 5.69 Å². The van der Waals surface area contributed by atoms with Crippen molar-refractivity contribution >= 4 is 41.2 Å². The zero-order valence-corrected chi connectivity index (χ0v) is 10.8. The topological polar surface area (TPSA) is 63.2 Å². The molecule has 0 bridgehead atoms. The number of benzene rings is 1. The highest BCUT2D eigenvalue weighted by molar-refractivity contribution is 8.31. The number of hydrogen-bond donors (Lipinski definition) is 1. The molecule has 1 aromatic rings. The van der Waals surface area contributed by atoms with Gasteiger partial charge in [0.1, 0.15) is 0 Å². The predicted octanol–water partition coefficient (Wildman–Crippen LogP) is 2.74. The van der Waals surface area contributed by atoms with Gasteiger partial charge in [-0.25, -0.2) is 0 Å². The number of para-hydroxylation sites is 1. The first-order chi connectivity index (χ1) is 7.33. The molecule has 1 N–H and O–H groups in total. The standard InChI is InChI=1S/C9H11NO.Cl2O2S/c1-2-9(11)10-8-6-4-3-5-7-8;1-5(2,3)4/h3-7H,2H2,1H3,(H,10,11);. The van der Waals surface area contributed by atoms with Gasteiger partial charge in [0.25, 0.3) is 0 Å². The molecule has 90 valence electrons. The Morgan fingerprint density at radius 1 is 1.25 bits per heavy atom. The van der Waals surface area contributed by atoms with Crippen LogP contribution in [0.15, 0.2) is 30.3 Å². The average molecular weight is 284 g/mol. The van der Waals surface area contributed by atoms with Crippen molar-refractivity contribution in [3.05, 3.63) is 30.3 Å². The van der Waals surface area contributed by atoms with Crippen molar-refractivity contribution in [3.63, 3.8) is 0 Å². The number of hydrogen-bond acceptors (Lipinski definition) is 3. The largest absolute Gasteiger partial charge is 0.326 e. The lowest BCUT2D eigenvalue weighted by Gasteiger charge is -2.00. The van der Waals surface area contributed by atoms with Gasteiger partial charge >= 0.3 is 8.26 Å². The van der Waals surface area contributed by atoms with Crippen molar-refractivity contribution in [3.8, 4) is 0 Å². The number of rotatable bonds is 2. The molecule has 7 heteroatoms. The Bertz CT molecular complexity index is 412. The first-order valence-corrected chi connectivity index (χ1v) is 7.45. The van der Waals surface area contributed by atoms with E-state index in [1.165, 1.54) is 0 Å². The van der Waals surface area contributed by atoms with Crippen LogP contribution < -0.4 is 5.32 Å². The molecule has 1 rings (SSSR count). The van der Waals surface area contributed by atoms with Crippen molar-refractivity contribution < 1.29 is 13.2 Å². The first-order valence-electron chi connectivity index (χ1n) is 4.32. The molecule has 0 spiro atoms. The first kappa shape index (κ1) is 15.2. The van der Waals surface area contributed by atoms with Crippen LogP contribution >= 0.6 is 21.4 Å². The van der Waals surface area contributed by atoms with Crippen molar-refractivity contribution in [1.82, 2.24) is 0 Å². The maximum Gasteiger partial charge on any atom is 0.317 e. The highest BCUT2D eigenvalue weighted by Gasteiger charge is 1.95. The number of anilines is 1. The zero-order chi connectivity index (χ0) is 12.6. The quantitative estimate of drug-likeness (QED) is 0.849. The molecule has 0 fully saturated rings. The van der Waals surface area contributed by atoms with Gasteiger partial charge in [0, 0.05) is 33.5 Å². The van der Waals surface area contributed by atoms with Crippen LogP contribution in [0.1, 0.15) is 13.3 Å². The smallest absolute Gasteiger partial charge is 0.317 e. The summed E-state index contributed by atoms with van der Waals surface area (Å²) in [7, 11) is 4.81. The van der Waals surface area contributed by atoms with Gasteiger partial charge < -0.3 is 5.32 Å². The van der Waals surface area contributed by atoms with Crippen molar-refractivity contribution in [2.24, 2.45) is 0 Å². The maximum atomic E-state index is 10.9. The van der Waals surface area contributed by atoms with E-state index >= 15 is 0 Å². The van der Waals surface area contributed by atoms with Crippen molar-refractivity contribution in [2.75, 3.05) is 5.32 Å². The van der Waals surface area contributed by atoms with E-state index in [-0.39, 0.29) is 5.91 Å². The number of amides is 1. The Kier molecular flexibility index (Phi) is 7.12. The molecule has 0 heterocycles. The molecule has 0 aliphatic heterocycles. The van der Waals surface area contributed by atoms with Crippen LogP contribution in [0.2, 0.25) is 0 Å². The molecule has 0 aliphatic carbocycles. The van der Waals surface area contributed by atoms with Crippen molar-refractivity contribution in [2.45, 2.75) is 13.3 Å². The molecule has 0 atom stereocenters. The van der Waals surface area contributed by atoms with E-state index in [0.29, 0.717) is 6.42 Å². The molecule has 16 heavy (non-hydrogen) atoms. The van der Waals surface area contributed by atoms with Crippen LogP contribution in [0.25, 0.3) is 0 Å². The van der Waals surface area contributed by atoms with Crippen LogP contribution in [0.5, 0.6) is 0 Å². The number of halogens is 2. The highest BCUT2D eigenvalue weighted by Crippen LogP contribution is 2.04. The van der Waals surface area contributed by atoms with Gasteiger partial charge in [0.15, 0.2) is 0 Å². The molecule has 1 aromatic carbocycles. The van der Waals surface area contributed by atoms with E-state index in [4.69, 9.17) is 8.42 Å². The molecule has 0 saturated heterocycles. The lowest BCUT2D eigenvalue weighted by atomic mass is 10.3.